The number of hydrogen-bond donors (Lipinski definition) is 1. The monoisotopic (exact) mass is 375 g/mol. The Balaban J connectivity index is 2.49. The van der Waals surface area contributed by atoms with Crippen LogP contribution in [0.5, 0.6) is 0 Å². The number of ether oxygens (including phenoxy) is 2. The molecule has 8 nitrogen and oxygen atoms in total. The molecule has 0 aromatic carbocycles. The maximum absolute atomic E-state index is 12.5. The molecule has 1 aromatic heterocycles. The average molecular weight is 375 g/mol. The molecule has 1 aromatic rings. The van der Waals surface area contributed by atoms with Crippen molar-refractivity contribution in [3.63, 3.8) is 0 Å². The summed E-state index contributed by atoms with van der Waals surface area (Å²) in [6.07, 6.45) is 0.613. The van der Waals surface area contributed by atoms with Crippen molar-refractivity contribution in [2.75, 3.05) is 14.2 Å². The Morgan fingerprint density at radius 2 is 1.71 bits per heavy atom. The molecule has 1 N–H and O–H groups in total. The van der Waals surface area contributed by atoms with E-state index < -0.39 is 32.1 Å². The number of carbonyl (C=O) groups excluding carboxylic acids is 3. The molecular weight excluding hydrogens is 358 g/mol. The summed E-state index contributed by atoms with van der Waals surface area (Å²) >= 11 is 0.566. The van der Waals surface area contributed by atoms with Gasteiger partial charge in [-0.1, -0.05) is 6.92 Å². The Labute approximate surface area is 143 Å². The summed E-state index contributed by atoms with van der Waals surface area (Å²) in [7, 11) is -2.07. The Morgan fingerprint density at radius 3 is 2.17 bits per heavy atom. The van der Waals surface area contributed by atoms with E-state index in [2.05, 4.69) is 9.47 Å². The largest absolute Gasteiger partial charge is 0.465 e. The molecule has 0 bridgehead atoms. The second-order valence-corrected chi connectivity index (χ2v) is 8.39. The van der Waals surface area contributed by atoms with Gasteiger partial charge in [0.25, 0.3) is 10.0 Å². The van der Waals surface area contributed by atoms with Crippen molar-refractivity contribution < 1.29 is 32.3 Å². The van der Waals surface area contributed by atoms with Crippen LogP contribution in [0, 0.1) is 18.8 Å². The van der Waals surface area contributed by atoms with E-state index in [1.165, 1.54) is 6.92 Å². The Bertz CT molecular complexity index is 809. The van der Waals surface area contributed by atoms with E-state index in [4.69, 9.17) is 0 Å². The van der Waals surface area contributed by atoms with Gasteiger partial charge in [-0.15, -0.1) is 11.3 Å². The molecule has 1 saturated carbocycles. The van der Waals surface area contributed by atoms with E-state index in [1.54, 1.807) is 0 Å². The number of nitrogens with one attached hydrogen (secondary N) is 1. The first kappa shape index (κ1) is 18.4. The molecule has 1 aliphatic rings. The Kier molecular flexibility index (Phi) is 5.00. The first-order chi connectivity index (χ1) is 11.1. The molecule has 0 spiro atoms. The molecule has 1 fully saturated rings. The minimum Gasteiger partial charge on any atom is -0.465 e. The standard InChI is InChI=1S/C14H17NO7S2/c1-6-5-8(6)11(16)15-24(19,20)14-9(12(17)21-3)7(2)10(23-14)13(18)22-4/h6,8H,5H2,1-4H3,(H,15,16)/t6-,8+/m0/s1. The molecule has 132 valence electrons. The lowest BCUT2D eigenvalue weighted by Gasteiger charge is -2.07. The third kappa shape index (κ3) is 3.29. The van der Waals surface area contributed by atoms with Crippen LogP contribution in [0.25, 0.3) is 0 Å². The van der Waals surface area contributed by atoms with E-state index in [0.717, 1.165) is 14.2 Å². The fraction of sp³-hybridized carbons (Fsp3) is 0.500. The van der Waals surface area contributed by atoms with Gasteiger partial charge in [-0.3, -0.25) is 4.79 Å². The fourth-order valence-corrected chi connectivity index (χ4v) is 5.02. The predicted octanol–water partition coefficient (Wildman–Crippen LogP) is 1.09. The number of hydrogen-bond acceptors (Lipinski definition) is 8. The Hall–Kier alpha value is -1.94. The molecule has 1 heterocycles. The van der Waals surface area contributed by atoms with Crippen LogP contribution in [-0.4, -0.2) is 40.5 Å². The van der Waals surface area contributed by atoms with Gasteiger partial charge in [-0.05, 0) is 24.8 Å². The molecule has 0 aliphatic heterocycles. The first-order valence-corrected chi connectivity index (χ1v) is 9.30. The minimum absolute atomic E-state index is 0.0366. The second kappa shape index (κ2) is 6.52. The van der Waals surface area contributed by atoms with Crippen LogP contribution in [0.15, 0.2) is 4.21 Å². The highest BCUT2D eigenvalue weighted by Crippen LogP contribution is 2.39. The molecule has 1 aliphatic carbocycles. The second-order valence-electron chi connectivity index (χ2n) is 5.49. The van der Waals surface area contributed by atoms with Gasteiger partial charge in [0.2, 0.25) is 5.91 Å². The lowest BCUT2D eigenvalue weighted by Crippen LogP contribution is -2.32. The molecule has 24 heavy (non-hydrogen) atoms. The SMILES string of the molecule is COC(=O)c1sc(S(=O)(=O)NC(=O)[C@@H]2C[C@@H]2C)c(C(=O)OC)c1C. The van der Waals surface area contributed by atoms with E-state index in [1.807, 2.05) is 11.6 Å². The zero-order chi connectivity index (χ0) is 18.2. The van der Waals surface area contributed by atoms with Crippen LogP contribution in [0.4, 0.5) is 0 Å². The van der Waals surface area contributed by atoms with Crippen molar-refractivity contribution in [3.05, 3.63) is 16.0 Å². The van der Waals surface area contributed by atoms with E-state index in [-0.39, 0.29) is 27.8 Å². The average Bonchev–Trinajstić information content (AvgIpc) is 3.15. The van der Waals surface area contributed by atoms with Gasteiger partial charge in [-0.25, -0.2) is 22.7 Å². The molecular formula is C14H17NO7S2. The lowest BCUT2D eigenvalue weighted by molar-refractivity contribution is -0.120. The van der Waals surface area contributed by atoms with Crippen LogP contribution in [0.3, 0.4) is 0 Å². The Morgan fingerprint density at radius 1 is 1.17 bits per heavy atom. The smallest absolute Gasteiger partial charge is 0.348 e. The van der Waals surface area contributed by atoms with Gasteiger partial charge in [-0.2, -0.15) is 0 Å². The summed E-state index contributed by atoms with van der Waals surface area (Å²) in [5, 5.41) is 0. The van der Waals surface area contributed by atoms with Crippen LogP contribution in [0.2, 0.25) is 0 Å². The molecule has 0 saturated heterocycles. The molecule has 2 atom stereocenters. The van der Waals surface area contributed by atoms with Crippen molar-refractivity contribution >= 4 is 39.2 Å². The third-order valence-electron chi connectivity index (χ3n) is 3.80. The summed E-state index contributed by atoms with van der Waals surface area (Å²) in [6, 6.07) is 0. The highest BCUT2D eigenvalue weighted by atomic mass is 32.2. The summed E-state index contributed by atoms with van der Waals surface area (Å²) < 4.78 is 35.8. The van der Waals surface area contributed by atoms with E-state index in [9.17, 15) is 22.8 Å². The summed E-state index contributed by atoms with van der Waals surface area (Å²) in [5.41, 5.74) is -0.140. The highest BCUT2D eigenvalue weighted by Gasteiger charge is 2.42. The van der Waals surface area contributed by atoms with Crippen molar-refractivity contribution in [1.29, 1.82) is 0 Å². The van der Waals surface area contributed by atoms with Gasteiger partial charge in [0.05, 0.1) is 19.8 Å². The van der Waals surface area contributed by atoms with Crippen molar-refractivity contribution in [3.8, 4) is 0 Å². The number of amides is 1. The van der Waals surface area contributed by atoms with Crippen molar-refractivity contribution in [2.45, 2.75) is 24.5 Å². The van der Waals surface area contributed by atoms with E-state index in [0.29, 0.717) is 17.8 Å². The lowest BCUT2D eigenvalue weighted by atomic mass is 10.2. The number of thiophene rings is 1. The molecule has 2 rings (SSSR count). The fourth-order valence-electron chi connectivity index (χ4n) is 2.24. The quantitative estimate of drug-likeness (QED) is 0.766. The van der Waals surface area contributed by atoms with E-state index >= 15 is 0 Å². The number of sulfonamides is 1. The highest BCUT2D eigenvalue weighted by molar-refractivity contribution is 7.92. The number of esters is 2. The zero-order valence-corrected chi connectivity index (χ0v) is 15.2. The number of carbonyl (C=O) groups is 3. The van der Waals surface area contributed by atoms with Crippen molar-refractivity contribution in [1.82, 2.24) is 4.72 Å². The van der Waals surface area contributed by atoms with Gasteiger partial charge >= 0.3 is 11.9 Å². The number of rotatable bonds is 5. The zero-order valence-electron chi connectivity index (χ0n) is 13.5. The summed E-state index contributed by atoms with van der Waals surface area (Å²) in [5.74, 6) is -2.54. The van der Waals surface area contributed by atoms with Crippen LogP contribution < -0.4 is 4.72 Å². The third-order valence-corrected chi connectivity index (χ3v) is 6.94. The van der Waals surface area contributed by atoms with Crippen LogP contribution in [0.1, 0.15) is 38.9 Å². The van der Waals surface area contributed by atoms with Gasteiger partial charge in [0.15, 0.2) is 4.21 Å². The normalized spacial score (nSPS) is 19.5. The predicted molar refractivity (Wildman–Crippen MR) is 84.3 cm³/mol. The molecule has 10 heteroatoms. The van der Waals surface area contributed by atoms with Crippen LogP contribution >= 0.6 is 11.3 Å². The van der Waals surface area contributed by atoms with Crippen LogP contribution in [-0.2, 0) is 24.3 Å². The van der Waals surface area contributed by atoms with Gasteiger partial charge in [0, 0.05) is 5.92 Å². The molecule has 0 radical (unpaired) electrons. The maximum atomic E-state index is 12.5. The van der Waals surface area contributed by atoms with Gasteiger partial charge < -0.3 is 9.47 Å². The maximum Gasteiger partial charge on any atom is 0.348 e. The minimum atomic E-state index is -4.31. The summed E-state index contributed by atoms with van der Waals surface area (Å²) in [4.78, 5) is 35.6. The number of methoxy groups -OCH3 is 2. The summed E-state index contributed by atoms with van der Waals surface area (Å²) in [6.45, 7) is 3.25. The molecule has 1 amide bonds. The van der Waals surface area contributed by atoms with Gasteiger partial charge in [0.1, 0.15) is 4.88 Å². The first-order valence-electron chi connectivity index (χ1n) is 7.00. The van der Waals surface area contributed by atoms with Crippen molar-refractivity contribution in [2.24, 2.45) is 11.8 Å². The molecule has 0 unspecified atom stereocenters. The topological polar surface area (TPSA) is 116 Å².